The monoisotopic (exact) mass is 457 g/mol. The Morgan fingerprint density at radius 3 is 2.33 bits per heavy atom. The first kappa shape index (κ1) is 23.2. The van der Waals surface area contributed by atoms with Gasteiger partial charge in [-0.15, -0.1) is 0 Å². The van der Waals surface area contributed by atoms with Crippen LogP contribution in [0.1, 0.15) is 43.0 Å². The van der Waals surface area contributed by atoms with Crippen molar-refractivity contribution in [1.29, 1.82) is 0 Å². The van der Waals surface area contributed by atoms with Crippen molar-refractivity contribution in [3.05, 3.63) is 41.8 Å². The number of primary amides is 1. The number of carbonyl (C=O) groups is 2. The molecule has 0 atom stereocenters. The van der Waals surface area contributed by atoms with Gasteiger partial charge in [-0.25, -0.2) is 4.39 Å². The van der Waals surface area contributed by atoms with Crippen LogP contribution >= 0.6 is 0 Å². The quantitative estimate of drug-likeness (QED) is 0.606. The van der Waals surface area contributed by atoms with Crippen molar-refractivity contribution in [3.8, 4) is 0 Å². The van der Waals surface area contributed by atoms with E-state index in [9.17, 15) is 14.0 Å². The SMILES string of the molecule is CC(=O)N1CCN(C2CCC(CN)(n3cc(C(N)=O)c(Nc4ccc(F)cc4)n3)CC2)CC1. The molecular weight excluding hydrogens is 425 g/mol. The van der Waals surface area contributed by atoms with Crippen molar-refractivity contribution in [2.45, 2.75) is 44.2 Å². The Morgan fingerprint density at radius 2 is 1.79 bits per heavy atom. The van der Waals surface area contributed by atoms with Gasteiger partial charge in [-0.05, 0) is 49.9 Å². The van der Waals surface area contributed by atoms with E-state index in [1.807, 2.05) is 4.90 Å². The number of rotatable bonds is 6. The topological polar surface area (TPSA) is 123 Å². The van der Waals surface area contributed by atoms with Crippen LogP contribution in [0.25, 0.3) is 0 Å². The molecule has 0 spiro atoms. The number of nitrogens with two attached hydrogens (primary N) is 2. The number of nitrogens with zero attached hydrogens (tertiary/aromatic N) is 4. The molecule has 2 heterocycles. The highest BCUT2D eigenvalue weighted by atomic mass is 19.1. The maximum absolute atomic E-state index is 13.2. The smallest absolute Gasteiger partial charge is 0.254 e. The largest absolute Gasteiger partial charge is 0.365 e. The Labute approximate surface area is 192 Å². The molecule has 33 heavy (non-hydrogen) atoms. The van der Waals surface area contributed by atoms with E-state index in [-0.39, 0.29) is 17.3 Å². The molecule has 9 nitrogen and oxygen atoms in total. The predicted molar refractivity (Wildman–Crippen MR) is 124 cm³/mol. The number of amides is 2. The summed E-state index contributed by atoms with van der Waals surface area (Å²) in [6.45, 7) is 5.34. The average Bonchev–Trinajstić information content (AvgIpc) is 3.25. The molecule has 1 aromatic heterocycles. The van der Waals surface area contributed by atoms with Gasteiger partial charge in [0, 0.05) is 57.6 Å². The lowest BCUT2D eigenvalue weighted by Crippen LogP contribution is -2.54. The van der Waals surface area contributed by atoms with Crippen LogP contribution in [-0.2, 0) is 10.3 Å². The molecule has 2 aromatic rings. The molecule has 4 rings (SSSR count). The van der Waals surface area contributed by atoms with Gasteiger partial charge in [0.1, 0.15) is 11.4 Å². The highest BCUT2D eigenvalue weighted by molar-refractivity contribution is 5.98. The second-order valence-corrected chi connectivity index (χ2v) is 9.03. The third-order valence-electron chi connectivity index (χ3n) is 7.11. The van der Waals surface area contributed by atoms with Crippen molar-refractivity contribution in [2.24, 2.45) is 11.5 Å². The minimum absolute atomic E-state index is 0.134. The van der Waals surface area contributed by atoms with Gasteiger partial charge in [0.05, 0.1) is 5.54 Å². The van der Waals surface area contributed by atoms with Gasteiger partial charge in [0.25, 0.3) is 5.91 Å². The van der Waals surface area contributed by atoms with Crippen LogP contribution in [0, 0.1) is 5.82 Å². The summed E-state index contributed by atoms with van der Waals surface area (Å²) in [5.74, 6) is -0.461. The molecule has 2 amide bonds. The molecule has 0 unspecified atom stereocenters. The first-order chi connectivity index (χ1) is 15.8. The van der Waals surface area contributed by atoms with Gasteiger partial charge in [0.15, 0.2) is 5.82 Å². The summed E-state index contributed by atoms with van der Waals surface area (Å²) >= 11 is 0. The van der Waals surface area contributed by atoms with Crippen LogP contribution in [0.4, 0.5) is 15.9 Å². The Balaban J connectivity index is 1.48. The second kappa shape index (κ2) is 9.48. The van der Waals surface area contributed by atoms with E-state index in [4.69, 9.17) is 11.5 Å². The minimum atomic E-state index is -0.588. The van der Waals surface area contributed by atoms with E-state index in [1.165, 1.54) is 12.1 Å². The van der Waals surface area contributed by atoms with E-state index in [0.717, 1.165) is 51.9 Å². The van der Waals surface area contributed by atoms with Gasteiger partial charge < -0.3 is 21.7 Å². The molecule has 1 aromatic carbocycles. The molecule has 2 aliphatic rings. The summed E-state index contributed by atoms with van der Waals surface area (Å²) in [6.07, 6.45) is 5.26. The number of hydrogen-bond acceptors (Lipinski definition) is 6. The minimum Gasteiger partial charge on any atom is -0.365 e. The highest BCUT2D eigenvalue weighted by Gasteiger charge is 2.39. The molecule has 5 N–H and O–H groups in total. The van der Waals surface area contributed by atoms with Crippen LogP contribution in [0.15, 0.2) is 30.5 Å². The van der Waals surface area contributed by atoms with E-state index >= 15 is 0 Å². The fourth-order valence-corrected chi connectivity index (χ4v) is 4.99. The van der Waals surface area contributed by atoms with Gasteiger partial charge in [-0.1, -0.05) is 0 Å². The molecule has 10 heteroatoms. The van der Waals surface area contributed by atoms with Crippen molar-refractivity contribution < 1.29 is 14.0 Å². The van der Waals surface area contributed by atoms with Gasteiger partial charge in [0.2, 0.25) is 5.91 Å². The van der Waals surface area contributed by atoms with E-state index < -0.39 is 11.4 Å². The van der Waals surface area contributed by atoms with Gasteiger partial charge in [-0.2, -0.15) is 5.10 Å². The number of anilines is 2. The first-order valence-corrected chi connectivity index (χ1v) is 11.4. The second-order valence-electron chi connectivity index (χ2n) is 9.03. The van der Waals surface area contributed by atoms with E-state index in [1.54, 1.807) is 29.9 Å². The molecule has 0 radical (unpaired) electrons. The summed E-state index contributed by atoms with van der Waals surface area (Å²) in [7, 11) is 0. The Morgan fingerprint density at radius 1 is 1.15 bits per heavy atom. The van der Waals surface area contributed by atoms with E-state index in [0.29, 0.717) is 24.1 Å². The zero-order valence-electron chi connectivity index (χ0n) is 19.0. The molecule has 1 aliphatic heterocycles. The van der Waals surface area contributed by atoms with Crippen molar-refractivity contribution in [2.75, 3.05) is 38.0 Å². The van der Waals surface area contributed by atoms with Crippen LogP contribution in [0.3, 0.4) is 0 Å². The normalized spacial score (nSPS) is 24.0. The third-order valence-corrected chi connectivity index (χ3v) is 7.11. The summed E-state index contributed by atoms with van der Waals surface area (Å²) in [4.78, 5) is 28.1. The standard InChI is InChI=1S/C23H32FN7O2/c1-16(32)29-10-12-30(13-11-29)19-6-8-23(15-25,9-7-19)31-14-20(21(26)33)22(28-31)27-18-4-2-17(24)3-5-18/h2-5,14,19H,6-13,15,25H2,1H3,(H2,26,33)(H,27,28). The number of piperazine rings is 1. The zero-order chi connectivity index (χ0) is 23.6. The van der Waals surface area contributed by atoms with E-state index in [2.05, 4.69) is 15.3 Å². The maximum atomic E-state index is 13.2. The highest BCUT2D eigenvalue weighted by Crippen LogP contribution is 2.37. The maximum Gasteiger partial charge on any atom is 0.254 e. The van der Waals surface area contributed by atoms with Gasteiger partial charge in [-0.3, -0.25) is 19.2 Å². The summed E-state index contributed by atoms with van der Waals surface area (Å²) < 4.78 is 15.0. The first-order valence-electron chi connectivity index (χ1n) is 11.4. The number of halogens is 1. The molecular formula is C23H32FN7O2. The lowest BCUT2D eigenvalue weighted by Gasteiger charge is -2.45. The summed E-state index contributed by atoms with van der Waals surface area (Å²) in [5.41, 5.74) is 12.4. The van der Waals surface area contributed by atoms with Crippen LogP contribution in [-0.4, -0.2) is 70.2 Å². The van der Waals surface area contributed by atoms with Crippen LogP contribution in [0.2, 0.25) is 0 Å². The third kappa shape index (κ3) is 4.86. The Hall–Kier alpha value is -2.98. The molecule has 1 saturated carbocycles. The van der Waals surface area contributed by atoms with Crippen LogP contribution in [0.5, 0.6) is 0 Å². The fraction of sp³-hybridized carbons (Fsp3) is 0.522. The summed E-state index contributed by atoms with van der Waals surface area (Å²) in [6, 6.07) is 6.27. The molecule has 1 aliphatic carbocycles. The van der Waals surface area contributed by atoms with Crippen molar-refractivity contribution in [1.82, 2.24) is 19.6 Å². The number of carbonyl (C=O) groups excluding carboxylic acids is 2. The molecule has 0 bridgehead atoms. The molecule has 178 valence electrons. The molecule has 1 saturated heterocycles. The predicted octanol–water partition coefficient (Wildman–Crippen LogP) is 1.63. The number of hydrogen-bond donors (Lipinski definition) is 3. The van der Waals surface area contributed by atoms with Crippen LogP contribution < -0.4 is 16.8 Å². The average molecular weight is 458 g/mol. The number of nitrogens with one attached hydrogen (secondary N) is 1. The zero-order valence-corrected chi connectivity index (χ0v) is 19.0. The van der Waals surface area contributed by atoms with Gasteiger partial charge >= 0.3 is 0 Å². The number of benzene rings is 1. The number of aromatic nitrogens is 2. The van der Waals surface area contributed by atoms with Crippen molar-refractivity contribution >= 4 is 23.3 Å². The summed E-state index contributed by atoms with van der Waals surface area (Å²) in [5, 5.41) is 7.73. The Kier molecular flexibility index (Phi) is 6.66. The molecule has 2 fully saturated rings. The lowest BCUT2D eigenvalue weighted by atomic mass is 9.78. The van der Waals surface area contributed by atoms with Crippen molar-refractivity contribution in [3.63, 3.8) is 0 Å². The fourth-order valence-electron chi connectivity index (χ4n) is 4.99. The Bertz CT molecular complexity index is 991. The lowest BCUT2D eigenvalue weighted by molar-refractivity contribution is -0.131.